The average Bonchev–Trinajstić information content (AvgIpc) is 2.29. The molecule has 0 saturated heterocycles. The van der Waals surface area contributed by atoms with Crippen LogP contribution in [-0.2, 0) is 9.53 Å². The Bertz CT molecular complexity index is 237. The van der Waals surface area contributed by atoms with Crippen molar-refractivity contribution in [1.82, 2.24) is 16.0 Å². The lowest BCUT2D eigenvalue weighted by atomic mass is 10.4. The fraction of sp³-hybridized carbons (Fsp3) is 0.818. The normalized spacial score (nSPS) is 10.5. The standard InChI is InChI=1S/C11H24N4O2.HI/c1-4-12-11(14-6-5-9-17-3)15-8-7-13-10(2)16;/h4-9H2,1-3H3,(H,13,16)(H2,12,14,15);1H. The van der Waals surface area contributed by atoms with Crippen LogP contribution in [0.25, 0.3) is 0 Å². The van der Waals surface area contributed by atoms with Crippen molar-refractivity contribution in [3.63, 3.8) is 0 Å². The van der Waals surface area contributed by atoms with E-state index in [0.717, 1.165) is 32.1 Å². The van der Waals surface area contributed by atoms with Crippen molar-refractivity contribution in [3.05, 3.63) is 0 Å². The number of aliphatic imine (C=N–C) groups is 1. The Balaban J connectivity index is 0. The second-order valence-corrected chi connectivity index (χ2v) is 3.52. The molecule has 0 unspecified atom stereocenters. The molecule has 0 bridgehead atoms. The number of carbonyl (C=O) groups is 1. The molecule has 3 N–H and O–H groups in total. The Morgan fingerprint density at radius 3 is 2.44 bits per heavy atom. The van der Waals surface area contributed by atoms with E-state index in [-0.39, 0.29) is 29.9 Å². The number of methoxy groups -OCH3 is 1. The highest BCUT2D eigenvalue weighted by Crippen LogP contribution is 1.82. The number of hydrogen-bond donors (Lipinski definition) is 3. The number of guanidine groups is 1. The summed E-state index contributed by atoms with van der Waals surface area (Å²) in [6.07, 6.45) is 0.902. The molecule has 0 atom stereocenters. The number of rotatable bonds is 8. The van der Waals surface area contributed by atoms with Crippen LogP contribution in [0.3, 0.4) is 0 Å². The Hall–Kier alpha value is -0.570. The van der Waals surface area contributed by atoms with Crippen LogP contribution < -0.4 is 16.0 Å². The van der Waals surface area contributed by atoms with Crippen LogP contribution in [0.1, 0.15) is 20.3 Å². The number of ether oxygens (including phenoxy) is 1. The molecule has 0 rings (SSSR count). The van der Waals surface area contributed by atoms with Crippen LogP contribution in [0, 0.1) is 0 Å². The molecule has 0 heterocycles. The summed E-state index contributed by atoms with van der Waals surface area (Å²) in [7, 11) is 1.68. The highest BCUT2D eigenvalue weighted by Gasteiger charge is 1.96. The van der Waals surface area contributed by atoms with Gasteiger partial charge in [0.25, 0.3) is 0 Å². The second kappa shape index (κ2) is 14.5. The SMILES string of the molecule is CCNC(=NCCCOC)NCCNC(C)=O.I. The van der Waals surface area contributed by atoms with E-state index in [4.69, 9.17) is 4.74 Å². The molecule has 0 aromatic rings. The van der Waals surface area contributed by atoms with Gasteiger partial charge in [-0.15, -0.1) is 24.0 Å². The minimum atomic E-state index is -0.0196. The molecular formula is C11H25IN4O2. The molecule has 0 spiro atoms. The van der Waals surface area contributed by atoms with Crippen molar-refractivity contribution in [1.29, 1.82) is 0 Å². The molecule has 108 valence electrons. The van der Waals surface area contributed by atoms with Gasteiger partial charge in [0.2, 0.25) is 5.91 Å². The fourth-order valence-electron chi connectivity index (χ4n) is 1.16. The highest BCUT2D eigenvalue weighted by atomic mass is 127. The summed E-state index contributed by atoms with van der Waals surface area (Å²) < 4.78 is 4.95. The number of nitrogens with one attached hydrogen (secondary N) is 3. The molecule has 0 aromatic carbocycles. The molecule has 0 radical (unpaired) electrons. The predicted molar refractivity (Wildman–Crippen MR) is 84.6 cm³/mol. The van der Waals surface area contributed by atoms with Gasteiger partial charge < -0.3 is 20.7 Å². The first kappa shape index (κ1) is 19.8. The van der Waals surface area contributed by atoms with Crippen molar-refractivity contribution in [2.24, 2.45) is 4.99 Å². The maximum Gasteiger partial charge on any atom is 0.216 e. The Morgan fingerprint density at radius 2 is 1.89 bits per heavy atom. The van der Waals surface area contributed by atoms with Gasteiger partial charge in [-0.05, 0) is 13.3 Å². The minimum absolute atomic E-state index is 0. The van der Waals surface area contributed by atoms with Crippen molar-refractivity contribution < 1.29 is 9.53 Å². The molecule has 0 aromatic heterocycles. The summed E-state index contributed by atoms with van der Waals surface area (Å²) in [4.78, 5) is 15.0. The fourth-order valence-corrected chi connectivity index (χ4v) is 1.16. The van der Waals surface area contributed by atoms with Crippen LogP contribution in [-0.4, -0.2) is 51.8 Å². The predicted octanol–water partition coefficient (Wildman–Crippen LogP) is 0.332. The van der Waals surface area contributed by atoms with Gasteiger partial charge in [0.1, 0.15) is 0 Å². The van der Waals surface area contributed by atoms with Gasteiger partial charge in [-0.1, -0.05) is 0 Å². The third-order valence-corrected chi connectivity index (χ3v) is 1.91. The lowest BCUT2D eigenvalue weighted by Gasteiger charge is -2.11. The lowest BCUT2D eigenvalue weighted by molar-refractivity contribution is -0.118. The molecule has 18 heavy (non-hydrogen) atoms. The average molecular weight is 372 g/mol. The second-order valence-electron chi connectivity index (χ2n) is 3.52. The van der Waals surface area contributed by atoms with Crippen LogP contribution in [0.15, 0.2) is 4.99 Å². The van der Waals surface area contributed by atoms with Crippen molar-refractivity contribution in [2.45, 2.75) is 20.3 Å². The third kappa shape index (κ3) is 13.5. The lowest BCUT2D eigenvalue weighted by Crippen LogP contribution is -2.41. The van der Waals surface area contributed by atoms with Crippen molar-refractivity contribution in [3.8, 4) is 0 Å². The molecule has 1 amide bonds. The van der Waals surface area contributed by atoms with Gasteiger partial charge in [-0.2, -0.15) is 0 Å². The van der Waals surface area contributed by atoms with Gasteiger partial charge in [0, 0.05) is 46.8 Å². The van der Waals surface area contributed by atoms with E-state index in [1.807, 2.05) is 6.92 Å². The topological polar surface area (TPSA) is 74.8 Å². The zero-order valence-corrected chi connectivity index (χ0v) is 13.7. The van der Waals surface area contributed by atoms with E-state index in [1.54, 1.807) is 7.11 Å². The Kier molecular flexibility index (Phi) is 15.9. The first-order valence-corrected chi connectivity index (χ1v) is 5.96. The number of carbonyl (C=O) groups excluding carboxylic acids is 1. The van der Waals surface area contributed by atoms with Gasteiger partial charge in [-0.25, -0.2) is 0 Å². The minimum Gasteiger partial charge on any atom is -0.385 e. The molecule has 7 heteroatoms. The van der Waals surface area contributed by atoms with Crippen LogP contribution >= 0.6 is 24.0 Å². The maximum absolute atomic E-state index is 10.7. The molecule has 0 aliphatic carbocycles. The Labute approximate surface area is 126 Å². The van der Waals surface area contributed by atoms with Crippen molar-refractivity contribution in [2.75, 3.05) is 39.9 Å². The molecule has 0 aliphatic rings. The number of amides is 1. The van der Waals surface area contributed by atoms with E-state index < -0.39 is 0 Å². The van der Waals surface area contributed by atoms with Gasteiger partial charge in [0.05, 0.1) is 0 Å². The number of halogens is 1. The van der Waals surface area contributed by atoms with Gasteiger partial charge in [0.15, 0.2) is 5.96 Å². The summed E-state index contributed by atoms with van der Waals surface area (Å²) in [5.74, 6) is 0.753. The Morgan fingerprint density at radius 1 is 1.22 bits per heavy atom. The summed E-state index contributed by atoms with van der Waals surface area (Å²) in [6.45, 7) is 7.03. The quantitative estimate of drug-likeness (QED) is 0.249. The van der Waals surface area contributed by atoms with E-state index in [2.05, 4.69) is 20.9 Å². The van der Waals surface area contributed by atoms with E-state index in [0.29, 0.717) is 13.1 Å². The van der Waals surface area contributed by atoms with Crippen LogP contribution in [0.4, 0.5) is 0 Å². The van der Waals surface area contributed by atoms with Gasteiger partial charge >= 0.3 is 0 Å². The molecule has 6 nitrogen and oxygen atoms in total. The number of nitrogens with zero attached hydrogens (tertiary/aromatic N) is 1. The molecule has 0 saturated carbocycles. The largest absolute Gasteiger partial charge is 0.385 e. The summed E-state index contributed by atoms with van der Waals surface area (Å²) >= 11 is 0. The first-order valence-electron chi connectivity index (χ1n) is 5.96. The maximum atomic E-state index is 10.7. The van der Waals surface area contributed by atoms with Crippen LogP contribution in [0.2, 0.25) is 0 Å². The first-order chi connectivity index (χ1) is 8.20. The zero-order chi connectivity index (χ0) is 12.9. The summed E-state index contributed by atoms with van der Waals surface area (Å²) in [5.41, 5.74) is 0. The molecule has 0 fully saturated rings. The van der Waals surface area contributed by atoms with Crippen LogP contribution in [0.5, 0.6) is 0 Å². The monoisotopic (exact) mass is 372 g/mol. The number of hydrogen-bond acceptors (Lipinski definition) is 3. The molecular weight excluding hydrogens is 347 g/mol. The highest BCUT2D eigenvalue weighted by molar-refractivity contribution is 14.0. The van der Waals surface area contributed by atoms with E-state index >= 15 is 0 Å². The van der Waals surface area contributed by atoms with Crippen molar-refractivity contribution >= 4 is 35.8 Å². The smallest absolute Gasteiger partial charge is 0.216 e. The summed E-state index contributed by atoms with van der Waals surface area (Å²) in [5, 5.41) is 8.98. The summed E-state index contributed by atoms with van der Waals surface area (Å²) in [6, 6.07) is 0. The molecule has 0 aliphatic heterocycles. The zero-order valence-electron chi connectivity index (χ0n) is 11.4. The van der Waals surface area contributed by atoms with E-state index in [1.165, 1.54) is 6.92 Å². The van der Waals surface area contributed by atoms with E-state index in [9.17, 15) is 4.79 Å². The van der Waals surface area contributed by atoms with Gasteiger partial charge in [-0.3, -0.25) is 9.79 Å². The third-order valence-electron chi connectivity index (χ3n) is 1.91.